The van der Waals surface area contributed by atoms with Gasteiger partial charge in [0.15, 0.2) is 11.5 Å². The van der Waals surface area contributed by atoms with E-state index in [1.807, 2.05) is 49.4 Å². The van der Waals surface area contributed by atoms with Crippen LogP contribution in [0.4, 0.5) is 0 Å². The fraction of sp³-hybridized carbons (Fsp3) is 0.440. The summed E-state index contributed by atoms with van der Waals surface area (Å²) < 4.78 is 12.6. The van der Waals surface area contributed by atoms with Crippen LogP contribution in [0.25, 0.3) is 0 Å². The van der Waals surface area contributed by atoms with Crippen LogP contribution in [0.5, 0.6) is 11.5 Å². The van der Waals surface area contributed by atoms with Gasteiger partial charge in [0.1, 0.15) is 6.61 Å². The second-order valence-corrected chi connectivity index (χ2v) is 9.46. The minimum atomic E-state index is 0.0394. The van der Waals surface area contributed by atoms with E-state index >= 15 is 0 Å². The number of carbonyl (C=O) groups excluding carboxylic acids is 1. The van der Waals surface area contributed by atoms with Crippen LogP contribution in [0.2, 0.25) is 0 Å². The van der Waals surface area contributed by atoms with Crippen molar-refractivity contribution in [3.05, 3.63) is 58.1 Å². The number of hydrazone groups is 1. The summed E-state index contributed by atoms with van der Waals surface area (Å²) in [5.74, 6) is 1.96. The molecule has 2 fully saturated rings. The van der Waals surface area contributed by atoms with Crippen molar-refractivity contribution in [2.45, 2.75) is 46.1 Å². The van der Waals surface area contributed by atoms with Crippen molar-refractivity contribution < 1.29 is 14.3 Å². The summed E-state index contributed by atoms with van der Waals surface area (Å²) in [4.78, 5) is 12.6. The number of halogens is 1. The van der Waals surface area contributed by atoms with Gasteiger partial charge < -0.3 is 9.47 Å². The molecule has 4 rings (SSSR count). The van der Waals surface area contributed by atoms with Gasteiger partial charge in [-0.25, -0.2) is 5.43 Å². The normalized spacial score (nSPS) is 24.5. The summed E-state index contributed by atoms with van der Waals surface area (Å²) >= 11 is 3.59. The molecule has 5 nitrogen and oxygen atoms in total. The molecule has 0 unspecified atom stereocenters. The molecule has 2 aliphatic carbocycles. The number of benzene rings is 2. The maximum absolute atomic E-state index is 12.6. The molecule has 0 spiro atoms. The summed E-state index contributed by atoms with van der Waals surface area (Å²) in [5.41, 5.74) is 4.84. The van der Waals surface area contributed by atoms with Gasteiger partial charge >= 0.3 is 0 Å². The minimum absolute atomic E-state index is 0.0394. The molecule has 0 aromatic heterocycles. The maximum atomic E-state index is 12.6. The summed E-state index contributed by atoms with van der Waals surface area (Å²) in [6.07, 6.45) is 6.43. The van der Waals surface area contributed by atoms with Gasteiger partial charge in [-0.15, -0.1) is 0 Å². The molecule has 2 aromatic carbocycles. The second kappa shape index (κ2) is 9.43. The van der Waals surface area contributed by atoms with E-state index in [9.17, 15) is 4.79 Å². The Labute approximate surface area is 192 Å². The highest BCUT2D eigenvalue weighted by atomic mass is 79.9. The molecule has 0 bridgehead atoms. The Kier molecular flexibility index (Phi) is 6.65. The van der Waals surface area contributed by atoms with Crippen LogP contribution in [0, 0.1) is 17.3 Å². The Bertz CT molecular complexity index is 963. The lowest BCUT2D eigenvalue weighted by molar-refractivity contribution is -0.123. The Morgan fingerprint density at radius 1 is 1.26 bits per heavy atom. The number of nitrogens with one attached hydrogen (secondary N) is 1. The topological polar surface area (TPSA) is 59.9 Å². The Morgan fingerprint density at radius 2 is 2.06 bits per heavy atom. The van der Waals surface area contributed by atoms with Gasteiger partial charge in [-0.05, 0) is 70.3 Å². The molecule has 0 radical (unpaired) electrons. The summed E-state index contributed by atoms with van der Waals surface area (Å²) in [5, 5.41) is 4.22. The SMILES string of the molecule is CCOc1cc(/C=N\NC(=O)[C@@H]2[C@@H]3CCCC[C@@]23C)cc(Br)c1OCc1ccccc1. The van der Waals surface area contributed by atoms with E-state index in [1.54, 1.807) is 6.21 Å². The van der Waals surface area contributed by atoms with E-state index in [-0.39, 0.29) is 17.2 Å². The van der Waals surface area contributed by atoms with Crippen LogP contribution in [-0.4, -0.2) is 18.7 Å². The van der Waals surface area contributed by atoms with Crippen LogP contribution in [0.1, 0.15) is 50.7 Å². The average molecular weight is 485 g/mol. The predicted molar refractivity (Wildman–Crippen MR) is 125 cm³/mol. The summed E-state index contributed by atoms with van der Waals surface area (Å²) in [7, 11) is 0. The molecule has 31 heavy (non-hydrogen) atoms. The zero-order valence-electron chi connectivity index (χ0n) is 18.1. The molecule has 164 valence electrons. The molecule has 3 atom stereocenters. The third kappa shape index (κ3) is 4.79. The predicted octanol–water partition coefficient (Wildman–Crippen LogP) is 5.70. The van der Waals surface area contributed by atoms with Gasteiger partial charge in [0.05, 0.1) is 17.3 Å². The lowest BCUT2D eigenvalue weighted by atomic mass is 9.90. The summed E-state index contributed by atoms with van der Waals surface area (Å²) in [6, 6.07) is 13.8. The van der Waals surface area contributed by atoms with Crippen molar-refractivity contribution in [1.82, 2.24) is 5.43 Å². The molecular formula is C25H29BrN2O3. The molecule has 2 aliphatic rings. The van der Waals surface area contributed by atoms with Crippen molar-refractivity contribution >= 4 is 28.1 Å². The highest BCUT2D eigenvalue weighted by Crippen LogP contribution is 2.66. The van der Waals surface area contributed by atoms with E-state index in [4.69, 9.17) is 9.47 Å². The van der Waals surface area contributed by atoms with E-state index in [1.165, 1.54) is 12.8 Å². The number of nitrogens with zero attached hydrogens (tertiary/aromatic N) is 1. The smallest absolute Gasteiger partial charge is 0.244 e. The van der Waals surface area contributed by atoms with Crippen LogP contribution in [0.3, 0.4) is 0 Å². The zero-order valence-corrected chi connectivity index (χ0v) is 19.7. The third-order valence-corrected chi connectivity index (χ3v) is 7.15. The first-order valence-electron chi connectivity index (χ1n) is 11.0. The Hall–Kier alpha value is -2.34. The van der Waals surface area contributed by atoms with Crippen LogP contribution in [-0.2, 0) is 11.4 Å². The molecule has 0 saturated heterocycles. The number of hydrogen-bond donors (Lipinski definition) is 1. The molecule has 2 aromatic rings. The van der Waals surface area contributed by atoms with E-state index < -0.39 is 0 Å². The number of fused-ring (bicyclic) bond motifs is 1. The van der Waals surface area contributed by atoms with Crippen molar-refractivity contribution in [3.8, 4) is 11.5 Å². The number of carbonyl (C=O) groups is 1. The van der Waals surface area contributed by atoms with E-state index in [2.05, 4.69) is 33.4 Å². The number of ether oxygens (including phenoxy) is 2. The van der Waals surface area contributed by atoms with Crippen LogP contribution < -0.4 is 14.9 Å². The lowest BCUT2D eigenvalue weighted by Gasteiger charge is -2.15. The van der Waals surface area contributed by atoms with Crippen molar-refractivity contribution in [2.24, 2.45) is 22.4 Å². The van der Waals surface area contributed by atoms with Crippen molar-refractivity contribution in [2.75, 3.05) is 6.61 Å². The lowest BCUT2D eigenvalue weighted by Crippen LogP contribution is -2.22. The number of rotatable bonds is 8. The van der Waals surface area contributed by atoms with Gasteiger partial charge in [-0.1, -0.05) is 50.1 Å². The van der Waals surface area contributed by atoms with E-state index in [0.29, 0.717) is 30.6 Å². The largest absolute Gasteiger partial charge is 0.490 e. The average Bonchev–Trinajstić information content (AvgIpc) is 3.39. The molecule has 1 amide bonds. The standard InChI is InChI=1S/C25H29BrN2O3/c1-3-30-21-14-18(13-20(26)23(21)31-16-17-9-5-4-6-10-17)15-27-28-24(29)22-19-11-7-8-12-25(19,22)2/h4-6,9-10,13-15,19,22H,3,7-8,11-12,16H2,1-2H3,(H,28,29)/b27-15-/t19-,22-,25+/m0/s1. The second-order valence-electron chi connectivity index (χ2n) is 8.61. The maximum Gasteiger partial charge on any atom is 0.244 e. The molecule has 6 heteroatoms. The molecule has 0 aliphatic heterocycles. The van der Waals surface area contributed by atoms with Crippen LogP contribution in [0.15, 0.2) is 52.0 Å². The Morgan fingerprint density at radius 3 is 2.77 bits per heavy atom. The third-order valence-electron chi connectivity index (χ3n) is 6.56. The minimum Gasteiger partial charge on any atom is -0.490 e. The molecule has 1 N–H and O–H groups in total. The molecule has 0 heterocycles. The van der Waals surface area contributed by atoms with Crippen molar-refractivity contribution in [3.63, 3.8) is 0 Å². The first-order valence-corrected chi connectivity index (χ1v) is 11.8. The van der Waals surface area contributed by atoms with Gasteiger partial charge in [-0.2, -0.15) is 5.10 Å². The van der Waals surface area contributed by atoms with Crippen LogP contribution >= 0.6 is 15.9 Å². The van der Waals surface area contributed by atoms with Gasteiger partial charge in [-0.3, -0.25) is 4.79 Å². The first kappa shape index (κ1) is 21.9. The zero-order chi connectivity index (χ0) is 21.8. The van der Waals surface area contributed by atoms with Gasteiger partial charge in [0.2, 0.25) is 5.91 Å². The number of amides is 1. The quantitative estimate of drug-likeness (QED) is 0.385. The van der Waals surface area contributed by atoms with Gasteiger partial charge in [0, 0.05) is 5.92 Å². The number of hydrogen-bond acceptors (Lipinski definition) is 4. The monoisotopic (exact) mass is 484 g/mol. The molecule has 2 saturated carbocycles. The fourth-order valence-electron chi connectivity index (χ4n) is 4.89. The van der Waals surface area contributed by atoms with Crippen molar-refractivity contribution in [1.29, 1.82) is 0 Å². The highest BCUT2D eigenvalue weighted by molar-refractivity contribution is 9.10. The summed E-state index contributed by atoms with van der Waals surface area (Å²) in [6.45, 7) is 5.15. The highest BCUT2D eigenvalue weighted by Gasteiger charge is 2.64. The fourth-order valence-corrected chi connectivity index (χ4v) is 5.46. The first-order chi connectivity index (χ1) is 15.0. The van der Waals surface area contributed by atoms with E-state index in [0.717, 1.165) is 28.4 Å². The Balaban J connectivity index is 1.41. The molecular weight excluding hydrogens is 456 g/mol. The van der Waals surface area contributed by atoms with Gasteiger partial charge in [0.25, 0.3) is 0 Å².